The van der Waals surface area contributed by atoms with Crippen LogP contribution in [-0.4, -0.2) is 15.9 Å². The van der Waals surface area contributed by atoms with Crippen molar-refractivity contribution < 1.29 is 4.79 Å². The Morgan fingerprint density at radius 2 is 2.16 bits per heavy atom. The van der Waals surface area contributed by atoms with Gasteiger partial charge in [0.25, 0.3) is 0 Å². The number of carbonyl (C=O) groups is 1. The van der Waals surface area contributed by atoms with Crippen LogP contribution in [-0.2, 0) is 4.79 Å². The Bertz CT molecular complexity index is 667. The largest absolute Gasteiger partial charge is 0.288 e. The van der Waals surface area contributed by atoms with Crippen LogP contribution in [0.1, 0.15) is 24.6 Å². The predicted molar refractivity (Wildman–Crippen MR) is 81.1 cm³/mol. The van der Waals surface area contributed by atoms with Crippen LogP contribution in [0.4, 0.5) is 0 Å². The van der Waals surface area contributed by atoms with Crippen molar-refractivity contribution in [2.45, 2.75) is 20.3 Å². The number of thioether (sulfide) groups is 1. The van der Waals surface area contributed by atoms with Gasteiger partial charge in [-0.05, 0) is 31.2 Å². The van der Waals surface area contributed by atoms with Gasteiger partial charge < -0.3 is 0 Å². The molecule has 0 bridgehead atoms. The van der Waals surface area contributed by atoms with Crippen molar-refractivity contribution in [3.63, 3.8) is 0 Å². The molecule has 0 spiro atoms. The van der Waals surface area contributed by atoms with Crippen LogP contribution < -0.4 is 0 Å². The van der Waals surface area contributed by atoms with Crippen LogP contribution in [0, 0.1) is 18.8 Å². The Labute approximate surface area is 117 Å². The number of aryl methyl sites for hydroxylation is 1. The molecule has 0 atom stereocenters. The van der Waals surface area contributed by atoms with Gasteiger partial charge in [0.1, 0.15) is 0 Å². The van der Waals surface area contributed by atoms with Gasteiger partial charge in [-0.3, -0.25) is 9.78 Å². The number of fused-ring (bicyclic) bond motifs is 1. The minimum Gasteiger partial charge on any atom is -0.288 e. The van der Waals surface area contributed by atoms with E-state index in [4.69, 9.17) is 0 Å². The summed E-state index contributed by atoms with van der Waals surface area (Å²) in [5.41, 5.74) is 3.01. The Morgan fingerprint density at radius 1 is 1.32 bits per heavy atom. The molecule has 0 saturated heterocycles. The summed E-state index contributed by atoms with van der Waals surface area (Å²) in [7, 11) is 0. The number of pyridine rings is 1. The molecule has 0 radical (unpaired) electrons. The Balaban J connectivity index is 2.07. The second-order valence-electron chi connectivity index (χ2n) is 4.25. The van der Waals surface area contributed by atoms with Crippen molar-refractivity contribution in [3.8, 4) is 11.8 Å². The SMILES string of the molecule is CC(=O)SCCC#Cc1ccc2nc(C)ccc2c1. The normalized spacial score (nSPS) is 10.0. The van der Waals surface area contributed by atoms with E-state index in [1.54, 1.807) is 6.92 Å². The fraction of sp³-hybridized carbons (Fsp3) is 0.250. The molecular formula is C16H15NOS. The van der Waals surface area contributed by atoms with Crippen LogP contribution in [0.15, 0.2) is 30.3 Å². The standard InChI is InChI=1S/C16H15NOS/c1-12-6-8-15-11-14(7-9-16(15)17-12)5-3-4-10-19-13(2)18/h6-9,11H,4,10H2,1-2H3. The van der Waals surface area contributed by atoms with E-state index in [1.165, 1.54) is 11.8 Å². The van der Waals surface area contributed by atoms with Crippen molar-refractivity contribution in [1.29, 1.82) is 0 Å². The van der Waals surface area contributed by atoms with Crippen molar-refractivity contribution in [2.75, 3.05) is 5.75 Å². The highest BCUT2D eigenvalue weighted by molar-refractivity contribution is 8.13. The Morgan fingerprint density at radius 3 is 2.95 bits per heavy atom. The average molecular weight is 269 g/mol. The van der Waals surface area contributed by atoms with E-state index in [1.807, 2.05) is 31.2 Å². The predicted octanol–water partition coefficient (Wildman–Crippen LogP) is 3.56. The quantitative estimate of drug-likeness (QED) is 0.616. The van der Waals surface area contributed by atoms with E-state index < -0.39 is 0 Å². The van der Waals surface area contributed by atoms with Crippen LogP contribution in [0.5, 0.6) is 0 Å². The summed E-state index contributed by atoms with van der Waals surface area (Å²) in [4.78, 5) is 15.2. The molecule has 2 rings (SSSR count). The van der Waals surface area contributed by atoms with E-state index >= 15 is 0 Å². The molecule has 1 heterocycles. The van der Waals surface area contributed by atoms with E-state index in [2.05, 4.69) is 22.9 Å². The fourth-order valence-corrected chi connectivity index (χ4v) is 2.21. The zero-order valence-corrected chi connectivity index (χ0v) is 11.9. The monoisotopic (exact) mass is 269 g/mol. The van der Waals surface area contributed by atoms with Gasteiger partial charge in [0.05, 0.1) is 5.52 Å². The van der Waals surface area contributed by atoms with Gasteiger partial charge in [-0.1, -0.05) is 29.7 Å². The Kier molecular flexibility index (Phi) is 4.59. The Hall–Kier alpha value is -1.79. The molecule has 1 aromatic heterocycles. The highest BCUT2D eigenvalue weighted by Crippen LogP contribution is 2.14. The summed E-state index contributed by atoms with van der Waals surface area (Å²) < 4.78 is 0. The van der Waals surface area contributed by atoms with E-state index in [0.29, 0.717) is 0 Å². The molecule has 1 aromatic carbocycles. The minimum absolute atomic E-state index is 0.147. The van der Waals surface area contributed by atoms with Crippen molar-refractivity contribution in [1.82, 2.24) is 4.98 Å². The maximum Gasteiger partial charge on any atom is 0.185 e. The topological polar surface area (TPSA) is 30.0 Å². The van der Waals surface area contributed by atoms with Crippen LogP contribution in [0.25, 0.3) is 10.9 Å². The smallest absolute Gasteiger partial charge is 0.185 e. The molecule has 0 N–H and O–H groups in total. The van der Waals surface area contributed by atoms with Gasteiger partial charge in [-0.2, -0.15) is 0 Å². The minimum atomic E-state index is 0.147. The zero-order chi connectivity index (χ0) is 13.7. The number of hydrogen-bond donors (Lipinski definition) is 0. The first-order valence-corrected chi connectivity index (χ1v) is 7.13. The summed E-state index contributed by atoms with van der Waals surface area (Å²) >= 11 is 1.32. The third-order valence-corrected chi connectivity index (χ3v) is 3.41. The maximum absolute atomic E-state index is 10.8. The zero-order valence-electron chi connectivity index (χ0n) is 11.1. The van der Waals surface area contributed by atoms with Crippen molar-refractivity contribution in [2.24, 2.45) is 0 Å². The summed E-state index contributed by atoms with van der Waals surface area (Å²) in [6.45, 7) is 3.57. The van der Waals surface area contributed by atoms with Crippen LogP contribution in [0.3, 0.4) is 0 Å². The van der Waals surface area contributed by atoms with Gasteiger partial charge in [0.15, 0.2) is 5.12 Å². The van der Waals surface area contributed by atoms with Gasteiger partial charge in [0, 0.05) is 35.7 Å². The molecule has 0 fully saturated rings. The van der Waals surface area contributed by atoms with Gasteiger partial charge >= 0.3 is 0 Å². The number of nitrogens with zero attached hydrogens (tertiary/aromatic N) is 1. The van der Waals surface area contributed by atoms with Gasteiger partial charge in [0.2, 0.25) is 0 Å². The summed E-state index contributed by atoms with van der Waals surface area (Å²) in [6.07, 6.45) is 0.731. The van der Waals surface area contributed by atoms with Gasteiger partial charge in [-0.15, -0.1) is 0 Å². The second-order valence-corrected chi connectivity index (χ2v) is 5.52. The molecule has 3 heteroatoms. The number of hydrogen-bond acceptors (Lipinski definition) is 3. The van der Waals surface area contributed by atoms with E-state index in [9.17, 15) is 4.79 Å². The molecule has 0 aliphatic carbocycles. The lowest BCUT2D eigenvalue weighted by Crippen LogP contribution is -1.85. The highest BCUT2D eigenvalue weighted by Gasteiger charge is 1.96. The third-order valence-electron chi connectivity index (χ3n) is 2.59. The molecule has 2 aromatic rings. The van der Waals surface area contributed by atoms with Crippen molar-refractivity contribution in [3.05, 3.63) is 41.6 Å². The van der Waals surface area contributed by atoms with Crippen molar-refractivity contribution >= 4 is 27.8 Å². The molecule has 96 valence electrons. The maximum atomic E-state index is 10.8. The first kappa shape index (κ1) is 13.6. The fourth-order valence-electron chi connectivity index (χ4n) is 1.72. The molecule has 0 unspecified atom stereocenters. The lowest BCUT2D eigenvalue weighted by atomic mass is 10.1. The third kappa shape index (κ3) is 4.11. The molecule has 2 nitrogen and oxygen atoms in total. The number of carbonyl (C=O) groups excluding carboxylic acids is 1. The second kappa shape index (κ2) is 6.40. The first-order valence-electron chi connectivity index (χ1n) is 6.15. The molecule has 0 amide bonds. The van der Waals surface area contributed by atoms with E-state index in [-0.39, 0.29) is 5.12 Å². The molecule has 19 heavy (non-hydrogen) atoms. The first-order chi connectivity index (χ1) is 9.15. The number of benzene rings is 1. The van der Waals surface area contributed by atoms with Gasteiger partial charge in [-0.25, -0.2) is 0 Å². The summed E-state index contributed by atoms with van der Waals surface area (Å²) in [5, 5.41) is 1.25. The van der Waals surface area contributed by atoms with Crippen LogP contribution >= 0.6 is 11.8 Å². The number of aromatic nitrogens is 1. The lowest BCUT2D eigenvalue weighted by Gasteiger charge is -1.99. The molecule has 0 saturated carbocycles. The molecular weight excluding hydrogens is 254 g/mol. The summed E-state index contributed by atoms with van der Waals surface area (Å²) in [6, 6.07) is 10.1. The summed E-state index contributed by atoms with van der Waals surface area (Å²) in [5.74, 6) is 6.97. The molecule has 0 aliphatic rings. The number of rotatable bonds is 2. The average Bonchev–Trinajstić information content (AvgIpc) is 2.38. The lowest BCUT2D eigenvalue weighted by molar-refractivity contribution is -0.109. The van der Waals surface area contributed by atoms with E-state index in [0.717, 1.165) is 34.3 Å². The van der Waals surface area contributed by atoms with Crippen LogP contribution in [0.2, 0.25) is 0 Å². The highest BCUT2D eigenvalue weighted by atomic mass is 32.2. The molecule has 0 aliphatic heterocycles.